The van der Waals surface area contributed by atoms with Gasteiger partial charge >= 0.3 is 0 Å². The van der Waals surface area contributed by atoms with Crippen LogP contribution in [0.3, 0.4) is 0 Å². The second kappa shape index (κ2) is 3.63. The maximum atomic E-state index is 10.4. The fourth-order valence-corrected chi connectivity index (χ4v) is 3.16. The second-order valence-electron chi connectivity index (χ2n) is 6.72. The first-order chi connectivity index (χ1) is 7.04. The average molecular weight is 224 g/mol. The van der Waals surface area contributed by atoms with E-state index >= 15 is 0 Å². The molecule has 0 bridgehead atoms. The first kappa shape index (κ1) is 13.3. The van der Waals surface area contributed by atoms with Crippen LogP contribution in [0.4, 0.5) is 0 Å². The summed E-state index contributed by atoms with van der Waals surface area (Å²) in [7, 11) is 0. The van der Waals surface area contributed by atoms with Crippen molar-refractivity contribution in [2.45, 2.75) is 47.6 Å². The third kappa shape index (κ3) is 1.69. The molecule has 0 aromatic rings. The van der Waals surface area contributed by atoms with Crippen LogP contribution in [0.5, 0.6) is 0 Å². The predicted molar refractivity (Wildman–Crippen MR) is 67.2 cm³/mol. The first-order valence-electron chi connectivity index (χ1n) is 5.80. The van der Waals surface area contributed by atoms with Crippen LogP contribution in [-0.2, 0) is 0 Å². The molecular weight excluding hydrogens is 200 g/mol. The standard InChI is InChI=1S/C14H24O2/c1-12(2,3)14(13(4,5)6)9-7-8-10(15)11(14)16/h7-9,11,15-16H,1-6H3. The molecule has 0 aromatic heterocycles. The van der Waals surface area contributed by atoms with Crippen LogP contribution in [0, 0.1) is 16.2 Å². The fourth-order valence-electron chi connectivity index (χ4n) is 3.16. The van der Waals surface area contributed by atoms with Crippen LogP contribution in [0.15, 0.2) is 24.0 Å². The number of rotatable bonds is 0. The van der Waals surface area contributed by atoms with Gasteiger partial charge in [0.15, 0.2) is 0 Å². The van der Waals surface area contributed by atoms with Gasteiger partial charge in [-0.1, -0.05) is 53.7 Å². The highest BCUT2D eigenvalue weighted by molar-refractivity contribution is 5.29. The summed E-state index contributed by atoms with van der Waals surface area (Å²) in [6, 6.07) is 0. The highest BCUT2D eigenvalue weighted by Gasteiger charge is 2.55. The maximum absolute atomic E-state index is 10.4. The van der Waals surface area contributed by atoms with Crippen LogP contribution < -0.4 is 0 Å². The molecule has 1 atom stereocenters. The largest absolute Gasteiger partial charge is 0.510 e. The molecule has 0 heterocycles. The lowest BCUT2D eigenvalue weighted by Gasteiger charge is -2.55. The fraction of sp³-hybridized carbons (Fsp3) is 0.714. The zero-order valence-corrected chi connectivity index (χ0v) is 11.2. The van der Waals surface area contributed by atoms with Gasteiger partial charge in [0.05, 0.1) is 0 Å². The Kier molecular flexibility index (Phi) is 3.01. The minimum atomic E-state index is -0.836. The topological polar surface area (TPSA) is 40.5 Å². The Morgan fingerprint density at radius 3 is 1.81 bits per heavy atom. The molecule has 1 rings (SSSR count). The summed E-state index contributed by atoms with van der Waals surface area (Å²) in [5, 5.41) is 20.2. The molecule has 0 amide bonds. The van der Waals surface area contributed by atoms with Gasteiger partial charge in [0.25, 0.3) is 0 Å². The van der Waals surface area contributed by atoms with Crippen molar-refractivity contribution < 1.29 is 10.2 Å². The van der Waals surface area contributed by atoms with E-state index in [0.29, 0.717) is 0 Å². The number of aliphatic hydroxyl groups is 2. The molecular formula is C14H24O2. The van der Waals surface area contributed by atoms with Crippen molar-refractivity contribution in [3.8, 4) is 0 Å². The molecule has 0 saturated carbocycles. The smallest absolute Gasteiger partial charge is 0.122 e. The van der Waals surface area contributed by atoms with Crippen LogP contribution in [0.1, 0.15) is 41.5 Å². The van der Waals surface area contributed by atoms with Crippen molar-refractivity contribution in [3.63, 3.8) is 0 Å². The van der Waals surface area contributed by atoms with Crippen molar-refractivity contribution in [2.75, 3.05) is 0 Å². The molecule has 2 nitrogen and oxygen atoms in total. The van der Waals surface area contributed by atoms with Crippen LogP contribution in [0.2, 0.25) is 0 Å². The lowest BCUT2D eigenvalue weighted by Crippen LogP contribution is -2.54. The van der Waals surface area contributed by atoms with Gasteiger partial charge in [-0.2, -0.15) is 0 Å². The number of hydrogen-bond donors (Lipinski definition) is 2. The van der Waals surface area contributed by atoms with E-state index in [1.807, 2.05) is 12.2 Å². The van der Waals surface area contributed by atoms with Crippen LogP contribution >= 0.6 is 0 Å². The van der Waals surface area contributed by atoms with Gasteiger partial charge in [-0.15, -0.1) is 0 Å². The van der Waals surface area contributed by atoms with Gasteiger partial charge in [-0.05, 0) is 16.9 Å². The molecule has 0 spiro atoms. The molecule has 0 saturated heterocycles. The summed E-state index contributed by atoms with van der Waals surface area (Å²) >= 11 is 0. The van der Waals surface area contributed by atoms with E-state index in [2.05, 4.69) is 41.5 Å². The van der Waals surface area contributed by atoms with Crippen molar-refractivity contribution >= 4 is 0 Å². The molecule has 1 aliphatic carbocycles. The zero-order valence-electron chi connectivity index (χ0n) is 11.2. The van der Waals surface area contributed by atoms with Gasteiger partial charge in [-0.3, -0.25) is 0 Å². The normalized spacial score (nSPS) is 25.4. The molecule has 16 heavy (non-hydrogen) atoms. The van der Waals surface area contributed by atoms with E-state index in [-0.39, 0.29) is 16.6 Å². The summed E-state index contributed by atoms with van der Waals surface area (Å²) < 4.78 is 0. The SMILES string of the molecule is CC(C)(C)C1(C(C)(C)C)C=CC=C(O)C1O. The summed E-state index contributed by atoms with van der Waals surface area (Å²) in [5.74, 6) is 0.0624. The lowest BCUT2D eigenvalue weighted by molar-refractivity contribution is -0.0900. The summed E-state index contributed by atoms with van der Waals surface area (Å²) in [6.07, 6.45) is 4.62. The molecule has 2 N–H and O–H groups in total. The maximum Gasteiger partial charge on any atom is 0.122 e. The Labute approximate surface area is 98.7 Å². The third-order valence-corrected chi connectivity index (χ3v) is 3.82. The van der Waals surface area contributed by atoms with E-state index in [9.17, 15) is 10.2 Å². The van der Waals surface area contributed by atoms with Crippen LogP contribution in [0.25, 0.3) is 0 Å². The highest BCUT2D eigenvalue weighted by Crippen LogP contribution is 2.57. The predicted octanol–water partition coefficient (Wildman–Crippen LogP) is 3.44. The molecule has 0 aliphatic heterocycles. The molecule has 0 fully saturated rings. The molecule has 1 unspecified atom stereocenters. The van der Waals surface area contributed by atoms with Gasteiger partial charge in [-0.25, -0.2) is 0 Å². The first-order valence-corrected chi connectivity index (χ1v) is 5.80. The molecule has 0 aromatic carbocycles. The molecule has 2 heteroatoms. The second-order valence-corrected chi connectivity index (χ2v) is 6.72. The Bertz CT molecular complexity index is 310. The Balaban J connectivity index is 3.40. The molecule has 0 radical (unpaired) electrons. The Morgan fingerprint density at radius 1 is 1.06 bits per heavy atom. The van der Waals surface area contributed by atoms with Gasteiger partial charge in [0, 0.05) is 5.41 Å². The Hall–Kier alpha value is -0.760. The van der Waals surface area contributed by atoms with E-state index in [1.165, 1.54) is 0 Å². The highest BCUT2D eigenvalue weighted by atomic mass is 16.3. The quantitative estimate of drug-likeness (QED) is 0.661. The summed E-state index contributed by atoms with van der Waals surface area (Å²) in [5.41, 5.74) is -0.731. The lowest BCUT2D eigenvalue weighted by atomic mass is 9.50. The van der Waals surface area contributed by atoms with Crippen molar-refractivity contribution in [2.24, 2.45) is 16.2 Å². The monoisotopic (exact) mass is 224 g/mol. The van der Waals surface area contributed by atoms with Gasteiger partial charge in [0.2, 0.25) is 0 Å². The molecule has 1 aliphatic rings. The van der Waals surface area contributed by atoms with Crippen molar-refractivity contribution in [1.82, 2.24) is 0 Å². The summed E-state index contributed by atoms with van der Waals surface area (Å²) in [6.45, 7) is 12.6. The zero-order chi connectivity index (χ0) is 12.8. The average Bonchev–Trinajstić information content (AvgIpc) is 2.05. The van der Waals surface area contributed by atoms with Gasteiger partial charge in [0.1, 0.15) is 11.9 Å². The number of aliphatic hydroxyl groups excluding tert-OH is 2. The Morgan fingerprint density at radius 2 is 1.50 bits per heavy atom. The number of hydrogen-bond acceptors (Lipinski definition) is 2. The van der Waals surface area contributed by atoms with Crippen molar-refractivity contribution in [1.29, 1.82) is 0 Å². The van der Waals surface area contributed by atoms with E-state index in [0.717, 1.165) is 0 Å². The van der Waals surface area contributed by atoms with Gasteiger partial charge < -0.3 is 10.2 Å². The van der Waals surface area contributed by atoms with E-state index in [4.69, 9.17) is 0 Å². The van der Waals surface area contributed by atoms with E-state index < -0.39 is 11.5 Å². The minimum absolute atomic E-state index is 0.0624. The van der Waals surface area contributed by atoms with E-state index in [1.54, 1.807) is 6.08 Å². The minimum Gasteiger partial charge on any atom is -0.510 e. The van der Waals surface area contributed by atoms with Crippen molar-refractivity contribution in [3.05, 3.63) is 24.0 Å². The number of allylic oxidation sites excluding steroid dienone is 2. The third-order valence-electron chi connectivity index (χ3n) is 3.82. The van der Waals surface area contributed by atoms with Crippen LogP contribution in [-0.4, -0.2) is 16.3 Å². The summed E-state index contributed by atoms with van der Waals surface area (Å²) in [4.78, 5) is 0. The molecule has 92 valence electrons.